The first-order valence-electron chi connectivity index (χ1n) is 10.8. The van der Waals surface area contributed by atoms with Crippen LogP contribution in [0.5, 0.6) is 23.0 Å². The minimum atomic E-state index is -0.724. The zero-order chi connectivity index (χ0) is 24.2. The highest BCUT2D eigenvalue weighted by atomic mass is 16.5. The van der Waals surface area contributed by atoms with E-state index in [1.54, 1.807) is 64.9 Å². The highest BCUT2D eigenvalue weighted by molar-refractivity contribution is 6.13. The van der Waals surface area contributed by atoms with E-state index in [0.29, 0.717) is 29.4 Å². The molecule has 0 amide bonds. The maximum Gasteiger partial charge on any atom is 0.166 e. The van der Waals surface area contributed by atoms with Crippen molar-refractivity contribution in [3.63, 3.8) is 0 Å². The molecule has 0 fully saturated rings. The number of rotatable bonds is 13. The first kappa shape index (κ1) is 25.7. The summed E-state index contributed by atoms with van der Waals surface area (Å²) < 4.78 is 21.1. The number of methoxy groups -OCH3 is 4. The van der Waals surface area contributed by atoms with Gasteiger partial charge >= 0.3 is 0 Å². The zero-order valence-electron chi connectivity index (χ0n) is 19.9. The lowest BCUT2D eigenvalue weighted by molar-refractivity contribution is -0.127. The first-order chi connectivity index (χ1) is 16.0. The van der Waals surface area contributed by atoms with Gasteiger partial charge in [-0.15, -0.1) is 0 Å². The van der Waals surface area contributed by atoms with Gasteiger partial charge in [0.05, 0.1) is 34.4 Å². The maximum atomic E-state index is 12.9. The van der Waals surface area contributed by atoms with Gasteiger partial charge in [-0.3, -0.25) is 9.59 Å². The third-order valence-corrected chi connectivity index (χ3v) is 5.23. The molecule has 2 rings (SSSR count). The smallest absolute Gasteiger partial charge is 0.166 e. The highest BCUT2D eigenvalue weighted by Gasteiger charge is 2.22. The van der Waals surface area contributed by atoms with Crippen LogP contribution in [-0.2, 0) is 9.59 Å². The van der Waals surface area contributed by atoms with Crippen molar-refractivity contribution >= 4 is 23.7 Å². The molecule has 0 saturated heterocycles. The summed E-state index contributed by atoms with van der Waals surface area (Å²) in [7, 11) is 6.24. The topological polar surface area (TPSA) is 71.1 Å². The molecule has 6 nitrogen and oxygen atoms in total. The Bertz CT molecular complexity index is 928. The molecule has 0 unspecified atom stereocenters. The average molecular weight is 453 g/mol. The number of hydrogen-bond donors (Lipinski definition) is 0. The molecule has 33 heavy (non-hydrogen) atoms. The van der Waals surface area contributed by atoms with Crippen LogP contribution in [0.3, 0.4) is 0 Å². The molecule has 2 aromatic rings. The molecule has 0 aliphatic heterocycles. The first-order valence-corrected chi connectivity index (χ1v) is 10.8. The summed E-state index contributed by atoms with van der Waals surface area (Å²) in [6.45, 7) is 2.03. The summed E-state index contributed by atoms with van der Waals surface area (Å²) in [6.07, 6.45) is 8.49. The predicted octanol–water partition coefficient (Wildman–Crippen LogP) is 5.39. The van der Waals surface area contributed by atoms with Crippen molar-refractivity contribution in [3.8, 4) is 23.0 Å². The van der Waals surface area contributed by atoms with Crippen LogP contribution in [0.4, 0.5) is 0 Å². The molecule has 0 heterocycles. The maximum absolute atomic E-state index is 12.9. The molecule has 0 aliphatic rings. The van der Waals surface area contributed by atoms with E-state index in [9.17, 15) is 9.59 Å². The Balaban J connectivity index is 2.18. The van der Waals surface area contributed by atoms with Gasteiger partial charge in [-0.25, -0.2) is 0 Å². The van der Waals surface area contributed by atoms with Crippen molar-refractivity contribution < 1.29 is 28.5 Å². The molecule has 6 heteroatoms. The Morgan fingerprint density at radius 2 is 1.15 bits per heavy atom. The van der Waals surface area contributed by atoms with Gasteiger partial charge in [0, 0.05) is 0 Å². The Hall–Kier alpha value is -3.54. The summed E-state index contributed by atoms with van der Waals surface area (Å²) in [6, 6.07) is 10.8. The number of carbonyl (C=O) groups excluding carboxylic acids is 2. The third kappa shape index (κ3) is 7.24. The van der Waals surface area contributed by atoms with Gasteiger partial charge in [0.15, 0.2) is 34.6 Å². The summed E-state index contributed by atoms with van der Waals surface area (Å²) in [5.74, 6) is 1.19. The number of allylic oxidation sites excluding steroid dienone is 2. The number of hydrogen-bond acceptors (Lipinski definition) is 6. The molecule has 0 radical (unpaired) electrons. The summed E-state index contributed by atoms with van der Waals surface area (Å²) >= 11 is 0. The fourth-order valence-corrected chi connectivity index (χ4v) is 3.33. The van der Waals surface area contributed by atoms with E-state index in [4.69, 9.17) is 18.9 Å². The minimum Gasteiger partial charge on any atom is -0.493 e. The second-order valence-corrected chi connectivity index (χ2v) is 7.40. The minimum absolute atomic E-state index is 0.222. The quantitative estimate of drug-likeness (QED) is 0.300. The van der Waals surface area contributed by atoms with E-state index in [-0.39, 0.29) is 11.6 Å². The van der Waals surface area contributed by atoms with Crippen LogP contribution < -0.4 is 18.9 Å². The lowest BCUT2D eigenvalue weighted by atomic mass is 9.91. The number of benzene rings is 2. The van der Waals surface area contributed by atoms with Crippen molar-refractivity contribution in [2.24, 2.45) is 5.92 Å². The van der Waals surface area contributed by atoms with Crippen LogP contribution in [0.25, 0.3) is 12.2 Å². The standard InChI is InChI=1S/C27H32O6/c1-6-7-8-21(22(28)13-9-19-11-15-24(30-2)26(17-19)32-4)23(29)14-10-20-12-16-25(31-3)27(18-20)33-5/h9-18,21H,6-8H2,1-5H3. The second-order valence-electron chi connectivity index (χ2n) is 7.40. The molecule has 0 bridgehead atoms. The molecule has 176 valence electrons. The van der Waals surface area contributed by atoms with Crippen LogP contribution in [0.1, 0.15) is 37.3 Å². The Morgan fingerprint density at radius 1 is 0.727 bits per heavy atom. The molecule has 2 aromatic carbocycles. The Morgan fingerprint density at radius 3 is 1.52 bits per heavy atom. The van der Waals surface area contributed by atoms with E-state index in [0.717, 1.165) is 24.0 Å². The number of carbonyl (C=O) groups is 2. The Kier molecular flexibility index (Phi) is 10.2. The van der Waals surface area contributed by atoms with Crippen molar-refractivity contribution in [1.29, 1.82) is 0 Å². The molecule has 0 atom stereocenters. The Labute approximate surface area is 195 Å². The van der Waals surface area contributed by atoms with Crippen molar-refractivity contribution in [2.75, 3.05) is 28.4 Å². The summed E-state index contributed by atoms with van der Waals surface area (Å²) in [5.41, 5.74) is 1.56. The largest absolute Gasteiger partial charge is 0.493 e. The molecular weight excluding hydrogens is 420 g/mol. The second kappa shape index (κ2) is 13.1. The number of unbranched alkanes of at least 4 members (excludes halogenated alkanes) is 1. The van der Waals surface area contributed by atoms with E-state index >= 15 is 0 Å². The number of ketones is 2. The van der Waals surface area contributed by atoms with Crippen molar-refractivity contribution in [2.45, 2.75) is 26.2 Å². The molecule has 0 aromatic heterocycles. The van der Waals surface area contributed by atoms with E-state index in [2.05, 4.69) is 0 Å². The van der Waals surface area contributed by atoms with Gasteiger partial charge in [0.25, 0.3) is 0 Å². The SMILES string of the molecule is CCCCC(C(=O)C=Cc1ccc(OC)c(OC)c1)C(=O)C=Cc1ccc(OC)c(OC)c1. The van der Waals surface area contributed by atoms with Gasteiger partial charge in [0.2, 0.25) is 0 Å². The lowest BCUT2D eigenvalue weighted by Crippen LogP contribution is -2.21. The summed E-state index contributed by atoms with van der Waals surface area (Å²) in [5, 5.41) is 0. The van der Waals surface area contributed by atoms with Gasteiger partial charge in [-0.1, -0.05) is 44.1 Å². The van der Waals surface area contributed by atoms with Crippen LogP contribution in [-0.4, -0.2) is 40.0 Å². The average Bonchev–Trinajstić information content (AvgIpc) is 2.85. The zero-order valence-corrected chi connectivity index (χ0v) is 19.9. The van der Waals surface area contributed by atoms with Gasteiger partial charge < -0.3 is 18.9 Å². The normalized spacial score (nSPS) is 12.0. The number of ether oxygens (including phenoxy) is 4. The molecule has 0 aliphatic carbocycles. The van der Waals surface area contributed by atoms with Gasteiger partial charge in [0.1, 0.15) is 0 Å². The van der Waals surface area contributed by atoms with Crippen LogP contribution >= 0.6 is 0 Å². The molecule has 0 N–H and O–H groups in total. The van der Waals surface area contributed by atoms with Crippen LogP contribution in [0.15, 0.2) is 48.6 Å². The van der Waals surface area contributed by atoms with Crippen molar-refractivity contribution in [1.82, 2.24) is 0 Å². The highest BCUT2D eigenvalue weighted by Crippen LogP contribution is 2.29. The van der Waals surface area contributed by atoms with E-state index in [1.165, 1.54) is 12.2 Å². The predicted molar refractivity (Wildman–Crippen MR) is 130 cm³/mol. The summed E-state index contributed by atoms with van der Waals surface area (Å²) in [4.78, 5) is 25.8. The van der Waals surface area contributed by atoms with Gasteiger partial charge in [-0.05, 0) is 54.0 Å². The lowest BCUT2D eigenvalue weighted by Gasteiger charge is -2.11. The molecular formula is C27H32O6. The molecule has 0 saturated carbocycles. The van der Waals surface area contributed by atoms with E-state index < -0.39 is 5.92 Å². The third-order valence-electron chi connectivity index (χ3n) is 5.23. The monoisotopic (exact) mass is 452 g/mol. The van der Waals surface area contributed by atoms with Crippen LogP contribution in [0, 0.1) is 5.92 Å². The van der Waals surface area contributed by atoms with E-state index in [1.807, 2.05) is 19.1 Å². The van der Waals surface area contributed by atoms with Crippen LogP contribution in [0.2, 0.25) is 0 Å². The van der Waals surface area contributed by atoms with Crippen molar-refractivity contribution in [3.05, 3.63) is 59.7 Å². The van der Waals surface area contributed by atoms with Gasteiger partial charge in [-0.2, -0.15) is 0 Å². The fraction of sp³-hybridized carbons (Fsp3) is 0.333. The molecule has 0 spiro atoms. The fourth-order valence-electron chi connectivity index (χ4n) is 3.33.